The summed E-state index contributed by atoms with van der Waals surface area (Å²) in [5.74, 6) is -1.35. The first-order chi connectivity index (χ1) is 13.9. The van der Waals surface area contributed by atoms with Crippen LogP contribution >= 0.6 is 11.6 Å². The second-order valence-corrected chi connectivity index (χ2v) is 6.53. The molecule has 0 saturated heterocycles. The summed E-state index contributed by atoms with van der Waals surface area (Å²) in [6, 6.07) is 14.3. The zero-order valence-electron chi connectivity index (χ0n) is 15.4. The van der Waals surface area contributed by atoms with E-state index in [-0.39, 0.29) is 11.3 Å². The largest absolute Gasteiger partial charge is 0.459 e. The molecule has 0 aliphatic carbocycles. The summed E-state index contributed by atoms with van der Waals surface area (Å²) >= 11 is 5.88. The van der Waals surface area contributed by atoms with Crippen LogP contribution in [-0.4, -0.2) is 24.4 Å². The zero-order chi connectivity index (χ0) is 20.8. The van der Waals surface area contributed by atoms with Gasteiger partial charge in [0, 0.05) is 16.4 Å². The summed E-state index contributed by atoms with van der Waals surface area (Å²) in [6.07, 6.45) is 1.40. The summed E-state index contributed by atoms with van der Waals surface area (Å²) in [7, 11) is 0. The topological polar surface area (TPSA) is 97.6 Å². The number of ether oxygens (including phenoxy) is 1. The molecule has 2 amide bonds. The number of furan rings is 1. The van der Waals surface area contributed by atoms with Crippen LogP contribution in [0.15, 0.2) is 65.3 Å². The Bertz CT molecular complexity index is 1030. The third kappa shape index (κ3) is 5.46. The van der Waals surface area contributed by atoms with Crippen molar-refractivity contribution in [2.45, 2.75) is 6.92 Å². The number of carbonyl (C=O) groups is 3. The van der Waals surface area contributed by atoms with Crippen molar-refractivity contribution < 1.29 is 23.5 Å². The number of aryl methyl sites for hydroxylation is 1. The summed E-state index contributed by atoms with van der Waals surface area (Å²) in [5.41, 5.74) is 2.12. The Hall–Kier alpha value is -3.58. The van der Waals surface area contributed by atoms with Crippen molar-refractivity contribution in [3.05, 3.63) is 82.8 Å². The van der Waals surface area contributed by atoms with E-state index < -0.39 is 24.4 Å². The minimum Gasteiger partial charge on any atom is -0.459 e. The molecule has 2 aromatic carbocycles. The molecule has 0 bridgehead atoms. The molecule has 1 heterocycles. The first-order valence-corrected chi connectivity index (χ1v) is 8.98. The fourth-order valence-corrected chi connectivity index (χ4v) is 2.68. The fourth-order valence-electron chi connectivity index (χ4n) is 2.46. The van der Waals surface area contributed by atoms with Crippen molar-refractivity contribution in [2.75, 3.05) is 17.2 Å². The van der Waals surface area contributed by atoms with E-state index in [1.807, 2.05) is 0 Å². The van der Waals surface area contributed by atoms with Crippen LogP contribution in [0, 0.1) is 6.92 Å². The Labute approximate surface area is 171 Å². The van der Waals surface area contributed by atoms with Gasteiger partial charge in [0.1, 0.15) is 0 Å². The van der Waals surface area contributed by atoms with E-state index in [2.05, 4.69) is 10.6 Å². The highest BCUT2D eigenvalue weighted by molar-refractivity contribution is 6.30. The highest BCUT2D eigenvalue weighted by Gasteiger charge is 2.13. The molecule has 3 rings (SSSR count). The van der Waals surface area contributed by atoms with Crippen LogP contribution in [0.5, 0.6) is 0 Å². The second-order valence-electron chi connectivity index (χ2n) is 6.09. The Morgan fingerprint density at radius 3 is 2.45 bits per heavy atom. The molecule has 2 N–H and O–H groups in total. The van der Waals surface area contributed by atoms with Gasteiger partial charge in [-0.25, -0.2) is 4.79 Å². The molecular weight excluding hydrogens is 396 g/mol. The second kappa shape index (κ2) is 9.07. The molecule has 1 aromatic heterocycles. The van der Waals surface area contributed by atoms with E-state index >= 15 is 0 Å². The molecule has 0 unspecified atom stereocenters. The lowest BCUT2D eigenvalue weighted by atomic mass is 10.2. The van der Waals surface area contributed by atoms with Gasteiger partial charge in [-0.05, 0) is 67.1 Å². The van der Waals surface area contributed by atoms with Crippen LogP contribution in [0.3, 0.4) is 0 Å². The molecule has 0 aliphatic rings. The Balaban J connectivity index is 1.51. The predicted octanol–water partition coefficient (Wildman–Crippen LogP) is 4.29. The smallest absolute Gasteiger partial charge is 0.338 e. The van der Waals surface area contributed by atoms with Gasteiger partial charge < -0.3 is 19.8 Å². The quantitative estimate of drug-likeness (QED) is 0.588. The van der Waals surface area contributed by atoms with Gasteiger partial charge in [0.05, 0.1) is 11.8 Å². The SMILES string of the molecule is Cc1cc(Cl)ccc1NC(=O)COC(=O)c1ccc(NC(=O)c2ccco2)cc1. The first kappa shape index (κ1) is 20.2. The van der Waals surface area contributed by atoms with Gasteiger partial charge in [-0.15, -0.1) is 0 Å². The van der Waals surface area contributed by atoms with Gasteiger partial charge in [-0.3, -0.25) is 9.59 Å². The third-order valence-corrected chi connectivity index (χ3v) is 4.16. The van der Waals surface area contributed by atoms with Crippen molar-refractivity contribution in [3.8, 4) is 0 Å². The maximum absolute atomic E-state index is 12.1. The van der Waals surface area contributed by atoms with E-state index in [9.17, 15) is 14.4 Å². The van der Waals surface area contributed by atoms with E-state index in [0.717, 1.165) is 5.56 Å². The van der Waals surface area contributed by atoms with Crippen molar-refractivity contribution >= 4 is 40.8 Å². The number of esters is 1. The van der Waals surface area contributed by atoms with Gasteiger partial charge in [0.15, 0.2) is 12.4 Å². The molecule has 8 heteroatoms. The van der Waals surface area contributed by atoms with Gasteiger partial charge in [-0.1, -0.05) is 11.6 Å². The van der Waals surface area contributed by atoms with Gasteiger partial charge >= 0.3 is 5.97 Å². The number of amides is 2. The van der Waals surface area contributed by atoms with Gasteiger partial charge in [-0.2, -0.15) is 0 Å². The normalized spacial score (nSPS) is 10.3. The molecule has 3 aromatic rings. The molecule has 7 nitrogen and oxygen atoms in total. The average Bonchev–Trinajstić information content (AvgIpc) is 3.24. The van der Waals surface area contributed by atoms with Crippen LogP contribution in [0.1, 0.15) is 26.5 Å². The summed E-state index contributed by atoms with van der Waals surface area (Å²) in [4.78, 5) is 36.0. The molecule has 0 atom stereocenters. The number of hydrogen-bond donors (Lipinski definition) is 2. The van der Waals surface area contributed by atoms with Crippen LogP contribution < -0.4 is 10.6 Å². The molecule has 0 fully saturated rings. The van der Waals surface area contributed by atoms with Crippen molar-refractivity contribution in [3.63, 3.8) is 0 Å². The summed E-state index contributed by atoms with van der Waals surface area (Å²) < 4.78 is 10.0. The maximum Gasteiger partial charge on any atom is 0.338 e. The predicted molar refractivity (Wildman–Crippen MR) is 108 cm³/mol. The number of anilines is 2. The lowest BCUT2D eigenvalue weighted by Crippen LogP contribution is -2.21. The van der Waals surface area contributed by atoms with E-state index in [0.29, 0.717) is 16.4 Å². The first-order valence-electron chi connectivity index (χ1n) is 8.60. The number of nitrogens with one attached hydrogen (secondary N) is 2. The highest BCUT2D eigenvalue weighted by atomic mass is 35.5. The standard InChI is InChI=1S/C21H17ClN2O5/c1-13-11-15(22)6-9-17(13)24-19(25)12-29-21(27)14-4-7-16(8-5-14)23-20(26)18-3-2-10-28-18/h2-11H,12H2,1H3,(H,23,26)(H,24,25). The van der Waals surface area contributed by atoms with Gasteiger partial charge in [0.2, 0.25) is 0 Å². The van der Waals surface area contributed by atoms with E-state index in [1.165, 1.54) is 24.5 Å². The Kier molecular flexibility index (Phi) is 6.31. The lowest BCUT2D eigenvalue weighted by molar-refractivity contribution is -0.119. The van der Waals surface area contributed by atoms with Crippen molar-refractivity contribution in [2.24, 2.45) is 0 Å². The van der Waals surface area contributed by atoms with E-state index in [1.54, 1.807) is 43.3 Å². The third-order valence-electron chi connectivity index (χ3n) is 3.92. The Morgan fingerprint density at radius 1 is 1.03 bits per heavy atom. The molecule has 0 radical (unpaired) electrons. The average molecular weight is 413 g/mol. The number of rotatable bonds is 6. The van der Waals surface area contributed by atoms with Crippen LogP contribution in [0.25, 0.3) is 0 Å². The van der Waals surface area contributed by atoms with E-state index in [4.69, 9.17) is 20.8 Å². The molecule has 148 valence electrons. The van der Waals surface area contributed by atoms with Crippen LogP contribution in [0.4, 0.5) is 11.4 Å². The molecular formula is C21H17ClN2O5. The number of hydrogen-bond acceptors (Lipinski definition) is 5. The number of carbonyl (C=O) groups excluding carboxylic acids is 3. The highest BCUT2D eigenvalue weighted by Crippen LogP contribution is 2.19. The van der Waals surface area contributed by atoms with Crippen molar-refractivity contribution in [1.82, 2.24) is 0 Å². The van der Waals surface area contributed by atoms with Crippen molar-refractivity contribution in [1.29, 1.82) is 0 Å². The minimum atomic E-state index is -0.656. The molecule has 29 heavy (non-hydrogen) atoms. The van der Waals surface area contributed by atoms with Crippen LogP contribution in [-0.2, 0) is 9.53 Å². The summed E-state index contributed by atoms with van der Waals surface area (Å²) in [5, 5.41) is 5.86. The Morgan fingerprint density at radius 2 is 1.79 bits per heavy atom. The zero-order valence-corrected chi connectivity index (χ0v) is 16.2. The minimum absolute atomic E-state index is 0.176. The molecule has 0 saturated carbocycles. The molecule has 0 spiro atoms. The lowest BCUT2D eigenvalue weighted by Gasteiger charge is -2.09. The fraction of sp³-hybridized carbons (Fsp3) is 0.0952. The van der Waals surface area contributed by atoms with Crippen LogP contribution in [0.2, 0.25) is 5.02 Å². The molecule has 0 aliphatic heterocycles. The summed E-state index contributed by atoms with van der Waals surface area (Å²) in [6.45, 7) is 1.37. The number of halogens is 1. The maximum atomic E-state index is 12.1. The van der Waals surface area contributed by atoms with Gasteiger partial charge in [0.25, 0.3) is 11.8 Å². The number of benzene rings is 2. The monoisotopic (exact) mass is 412 g/mol.